The van der Waals surface area contributed by atoms with Gasteiger partial charge in [-0.1, -0.05) is 0 Å². The molecule has 1 aromatic heterocycles. The second-order valence-electron chi connectivity index (χ2n) is 9.38. The molecule has 4 rings (SSSR count). The lowest BCUT2D eigenvalue weighted by Gasteiger charge is -2.38. The minimum absolute atomic E-state index is 0.0234. The first kappa shape index (κ1) is 26.9. The molecule has 1 aliphatic heterocycles. The molecule has 2 aromatic rings. The van der Waals surface area contributed by atoms with E-state index in [1.807, 2.05) is 6.07 Å². The van der Waals surface area contributed by atoms with Gasteiger partial charge in [-0.15, -0.1) is 0 Å². The van der Waals surface area contributed by atoms with Crippen molar-refractivity contribution in [3.8, 4) is 23.1 Å². The number of pyridine rings is 1. The molecule has 12 heteroatoms. The molecule has 0 bridgehead atoms. The first-order chi connectivity index (χ1) is 18.1. The molecule has 3 N–H and O–H groups in total. The van der Waals surface area contributed by atoms with Gasteiger partial charge in [-0.2, -0.15) is 5.26 Å². The first-order valence-electron chi connectivity index (χ1n) is 12.1. The van der Waals surface area contributed by atoms with E-state index in [4.69, 9.17) is 15.2 Å². The Hall–Kier alpha value is -4.11. The van der Waals surface area contributed by atoms with E-state index in [-0.39, 0.29) is 36.1 Å². The van der Waals surface area contributed by atoms with Crippen LogP contribution in [0, 0.1) is 17.2 Å². The molecule has 2 aliphatic rings. The summed E-state index contributed by atoms with van der Waals surface area (Å²) in [6.45, 7) is -0.260. The van der Waals surface area contributed by atoms with Crippen molar-refractivity contribution in [3.63, 3.8) is 0 Å². The molecule has 1 aliphatic carbocycles. The van der Waals surface area contributed by atoms with Gasteiger partial charge in [0, 0.05) is 36.3 Å². The molecular weight excluding hydrogens is 500 g/mol. The van der Waals surface area contributed by atoms with Crippen molar-refractivity contribution >= 4 is 23.5 Å². The number of nitrogens with zero attached hydrogens (tertiary/aromatic N) is 3. The monoisotopic (exact) mass is 527 g/mol. The van der Waals surface area contributed by atoms with Crippen LogP contribution >= 0.6 is 0 Å². The number of nitrogens with one attached hydrogen (secondary N) is 1. The van der Waals surface area contributed by atoms with E-state index in [0.29, 0.717) is 16.9 Å². The summed E-state index contributed by atoms with van der Waals surface area (Å²) in [7, 11) is 0. The Kier molecular flexibility index (Phi) is 7.87. The smallest absolute Gasteiger partial charge is 0.323 e. The standard InChI is InChI=1S/C26H27F2N5O5/c1-15(30)25(36)37-13-23(34)33-9-7-22(26(27,28)14-33)38-21-5-4-17(10-18(21)12-29)20-11-19(6-8-31-20)32-24(35)16-2-3-16/h4-6,8,10-11,15-16,22H,2-3,7,9,13-14,30H2,1H3,(H,31,32,35)/t15-,22+/m1/s1. The summed E-state index contributed by atoms with van der Waals surface area (Å²) >= 11 is 0. The van der Waals surface area contributed by atoms with Crippen LogP contribution in [0.2, 0.25) is 0 Å². The lowest BCUT2D eigenvalue weighted by atomic mass is 10.0. The molecule has 38 heavy (non-hydrogen) atoms. The Morgan fingerprint density at radius 2 is 2.03 bits per heavy atom. The van der Waals surface area contributed by atoms with E-state index in [1.54, 1.807) is 18.2 Å². The zero-order chi connectivity index (χ0) is 27.4. The molecule has 2 heterocycles. The number of hydrogen-bond acceptors (Lipinski definition) is 8. The van der Waals surface area contributed by atoms with Crippen LogP contribution in [-0.2, 0) is 19.1 Å². The fourth-order valence-electron chi connectivity index (χ4n) is 3.92. The normalized spacial score (nSPS) is 19.1. The highest BCUT2D eigenvalue weighted by Crippen LogP contribution is 2.34. The van der Waals surface area contributed by atoms with Crippen molar-refractivity contribution in [1.82, 2.24) is 9.88 Å². The number of aromatic nitrogens is 1. The lowest BCUT2D eigenvalue weighted by molar-refractivity contribution is -0.166. The van der Waals surface area contributed by atoms with Gasteiger partial charge in [0.2, 0.25) is 5.91 Å². The van der Waals surface area contributed by atoms with Crippen molar-refractivity contribution in [2.75, 3.05) is 25.0 Å². The number of carbonyl (C=O) groups excluding carboxylic acids is 3. The summed E-state index contributed by atoms with van der Waals surface area (Å²) < 4.78 is 40.1. The molecular formula is C26H27F2N5O5. The van der Waals surface area contributed by atoms with Crippen LogP contribution < -0.4 is 15.8 Å². The Labute approximate surface area is 217 Å². The fraction of sp³-hybridized carbons (Fsp3) is 0.423. The van der Waals surface area contributed by atoms with E-state index in [1.165, 1.54) is 25.3 Å². The Bertz CT molecular complexity index is 1270. The number of nitriles is 1. The maximum atomic E-state index is 14.9. The lowest BCUT2D eigenvalue weighted by Crippen LogP contribution is -2.56. The zero-order valence-corrected chi connectivity index (χ0v) is 20.7. The quantitative estimate of drug-likeness (QED) is 0.498. The average molecular weight is 528 g/mol. The number of halogens is 2. The predicted molar refractivity (Wildman–Crippen MR) is 131 cm³/mol. The second kappa shape index (κ2) is 11.1. The van der Waals surface area contributed by atoms with Crippen molar-refractivity contribution in [1.29, 1.82) is 5.26 Å². The van der Waals surface area contributed by atoms with Gasteiger partial charge in [0.1, 0.15) is 17.9 Å². The topological polar surface area (TPSA) is 148 Å². The molecule has 0 unspecified atom stereocenters. The molecule has 0 spiro atoms. The molecule has 1 saturated heterocycles. The minimum Gasteiger partial charge on any atom is -0.483 e. The van der Waals surface area contributed by atoms with Crippen LogP contribution in [0.15, 0.2) is 36.5 Å². The number of anilines is 1. The average Bonchev–Trinajstić information content (AvgIpc) is 3.74. The van der Waals surface area contributed by atoms with Crippen LogP contribution in [0.5, 0.6) is 5.75 Å². The van der Waals surface area contributed by atoms with Gasteiger partial charge in [0.25, 0.3) is 5.91 Å². The van der Waals surface area contributed by atoms with E-state index in [9.17, 15) is 28.4 Å². The molecule has 2 atom stereocenters. The van der Waals surface area contributed by atoms with Gasteiger partial charge >= 0.3 is 11.9 Å². The maximum Gasteiger partial charge on any atom is 0.323 e. The summed E-state index contributed by atoms with van der Waals surface area (Å²) in [5.41, 5.74) is 7.00. The van der Waals surface area contributed by atoms with E-state index < -0.39 is 43.1 Å². The third-order valence-electron chi connectivity index (χ3n) is 6.24. The summed E-state index contributed by atoms with van der Waals surface area (Å²) in [6.07, 6.45) is 1.50. The fourth-order valence-corrected chi connectivity index (χ4v) is 3.92. The third-order valence-corrected chi connectivity index (χ3v) is 6.24. The van der Waals surface area contributed by atoms with Gasteiger partial charge in [-0.25, -0.2) is 8.78 Å². The van der Waals surface area contributed by atoms with Crippen LogP contribution in [0.4, 0.5) is 14.5 Å². The molecule has 2 amide bonds. The third kappa shape index (κ3) is 6.41. The molecule has 1 saturated carbocycles. The highest BCUT2D eigenvalue weighted by molar-refractivity contribution is 5.94. The summed E-state index contributed by atoms with van der Waals surface area (Å²) in [5.74, 6) is -5.02. The highest BCUT2D eigenvalue weighted by Gasteiger charge is 2.48. The molecule has 2 fully saturated rings. The molecule has 200 valence electrons. The highest BCUT2D eigenvalue weighted by atomic mass is 19.3. The van der Waals surface area contributed by atoms with Gasteiger partial charge in [-0.05, 0) is 50.1 Å². The Balaban J connectivity index is 1.42. The largest absolute Gasteiger partial charge is 0.483 e. The number of benzene rings is 1. The van der Waals surface area contributed by atoms with Crippen molar-refractivity contribution in [2.24, 2.45) is 11.7 Å². The van der Waals surface area contributed by atoms with Gasteiger partial charge in [0.05, 0.1) is 17.8 Å². The predicted octanol–water partition coefficient (Wildman–Crippen LogP) is 2.47. The summed E-state index contributed by atoms with van der Waals surface area (Å²) in [4.78, 5) is 40.9. The first-order valence-corrected chi connectivity index (χ1v) is 12.1. The molecule has 10 nitrogen and oxygen atoms in total. The number of alkyl halides is 2. The van der Waals surface area contributed by atoms with Gasteiger partial charge in [-0.3, -0.25) is 19.4 Å². The Morgan fingerprint density at radius 3 is 2.68 bits per heavy atom. The number of piperidine rings is 1. The van der Waals surface area contributed by atoms with E-state index >= 15 is 0 Å². The summed E-state index contributed by atoms with van der Waals surface area (Å²) in [5, 5.41) is 12.5. The molecule has 0 radical (unpaired) electrons. The number of carbonyl (C=O) groups is 3. The number of nitrogens with two attached hydrogens (primary N) is 1. The minimum atomic E-state index is -3.42. The van der Waals surface area contributed by atoms with E-state index in [0.717, 1.165) is 17.7 Å². The van der Waals surface area contributed by atoms with Gasteiger partial charge in [0.15, 0.2) is 12.7 Å². The number of rotatable bonds is 8. The van der Waals surface area contributed by atoms with Crippen LogP contribution in [-0.4, -0.2) is 65.4 Å². The summed E-state index contributed by atoms with van der Waals surface area (Å²) in [6, 6.07) is 8.86. The Morgan fingerprint density at radius 1 is 1.26 bits per heavy atom. The SMILES string of the molecule is C[C@@H](N)C(=O)OCC(=O)N1CC[C@H](Oc2ccc(-c3cc(NC(=O)C4CC4)ccn3)cc2C#N)C(F)(F)C1. The van der Waals surface area contributed by atoms with Crippen LogP contribution in [0.3, 0.4) is 0 Å². The number of likely N-dealkylation sites (tertiary alicyclic amines) is 1. The van der Waals surface area contributed by atoms with Crippen molar-refractivity contribution in [3.05, 3.63) is 42.1 Å². The van der Waals surface area contributed by atoms with Crippen LogP contribution in [0.25, 0.3) is 11.3 Å². The maximum absolute atomic E-state index is 14.9. The van der Waals surface area contributed by atoms with E-state index in [2.05, 4.69) is 10.3 Å². The number of amides is 2. The number of ether oxygens (including phenoxy) is 2. The van der Waals surface area contributed by atoms with Crippen molar-refractivity contribution in [2.45, 2.75) is 44.3 Å². The van der Waals surface area contributed by atoms with Crippen molar-refractivity contribution < 1.29 is 32.6 Å². The van der Waals surface area contributed by atoms with Crippen LogP contribution in [0.1, 0.15) is 31.7 Å². The second-order valence-corrected chi connectivity index (χ2v) is 9.38. The zero-order valence-electron chi connectivity index (χ0n) is 20.7. The number of hydrogen-bond donors (Lipinski definition) is 2. The number of esters is 1. The molecule has 1 aromatic carbocycles. The van der Waals surface area contributed by atoms with Gasteiger partial charge < -0.3 is 25.4 Å².